The SMILES string of the molecule is CC1(C)NC(=O)CCN(C(C)(C)C)C1=O. The first kappa shape index (κ1) is 12.0. The van der Waals surface area contributed by atoms with Gasteiger partial charge in [0.25, 0.3) is 0 Å². The van der Waals surface area contributed by atoms with Gasteiger partial charge in [-0.1, -0.05) is 0 Å². The lowest BCUT2D eigenvalue weighted by Gasteiger charge is -2.38. The van der Waals surface area contributed by atoms with Crippen LogP contribution in [0, 0.1) is 0 Å². The number of nitrogens with zero attached hydrogens (tertiary/aromatic N) is 1. The Labute approximate surface area is 91.0 Å². The summed E-state index contributed by atoms with van der Waals surface area (Å²) in [5, 5.41) is 2.74. The van der Waals surface area contributed by atoms with E-state index in [0.29, 0.717) is 13.0 Å². The average Bonchev–Trinajstić information content (AvgIpc) is 2.08. The molecule has 1 aliphatic heterocycles. The second kappa shape index (κ2) is 3.51. The highest BCUT2D eigenvalue weighted by Crippen LogP contribution is 2.21. The lowest BCUT2D eigenvalue weighted by atomic mass is 9.99. The summed E-state index contributed by atoms with van der Waals surface area (Å²) >= 11 is 0. The van der Waals surface area contributed by atoms with Gasteiger partial charge < -0.3 is 10.2 Å². The number of hydrogen-bond donors (Lipinski definition) is 1. The predicted molar refractivity (Wildman–Crippen MR) is 58.3 cm³/mol. The second-order valence-electron chi connectivity index (χ2n) is 5.55. The molecule has 0 aliphatic carbocycles. The van der Waals surface area contributed by atoms with Crippen LogP contribution in [-0.2, 0) is 9.59 Å². The molecule has 86 valence electrons. The third-order valence-corrected chi connectivity index (χ3v) is 2.60. The second-order valence-corrected chi connectivity index (χ2v) is 5.55. The van der Waals surface area contributed by atoms with Crippen LogP contribution in [0.15, 0.2) is 0 Å². The van der Waals surface area contributed by atoms with E-state index in [1.54, 1.807) is 18.7 Å². The summed E-state index contributed by atoms with van der Waals surface area (Å²) in [6.07, 6.45) is 0.381. The van der Waals surface area contributed by atoms with Crippen LogP contribution in [0.2, 0.25) is 0 Å². The fraction of sp³-hybridized carbons (Fsp3) is 0.818. The molecule has 2 amide bonds. The molecule has 1 saturated heterocycles. The van der Waals surface area contributed by atoms with Crippen molar-refractivity contribution in [2.75, 3.05) is 6.54 Å². The molecule has 0 aromatic carbocycles. The van der Waals surface area contributed by atoms with E-state index >= 15 is 0 Å². The summed E-state index contributed by atoms with van der Waals surface area (Å²) in [4.78, 5) is 25.4. The minimum absolute atomic E-state index is 0.0131. The van der Waals surface area contributed by atoms with Gasteiger partial charge in [0.1, 0.15) is 5.54 Å². The molecular weight excluding hydrogens is 192 g/mol. The van der Waals surface area contributed by atoms with Crippen LogP contribution >= 0.6 is 0 Å². The van der Waals surface area contributed by atoms with Crippen molar-refractivity contribution in [1.29, 1.82) is 0 Å². The Hall–Kier alpha value is -1.06. The van der Waals surface area contributed by atoms with Gasteiger partial charge in [-0.3, -0.25) is 9.59 Å². The van der Waals surface area contributed by atoms with Gasteiger partial charge >= 0.3 is 0 Å². The molecule has 1 N–H and O–H groups in total. The number of amides is 2. The Morgan fingerprint density at radius 2 is 1.80 bits per heavy atom. The van der Waals surface area contributed by atoms with Crippen LogP contribution in [0.25, 0.3) is 0 Å². The van der Waals surface area contributed by atoms with Crippen molar-refractivity contribution < 1.29 is 9.59 Å². The molecule has 4 heteroatoms. The number of hydrogen-bond acceptors (Lipinski definition) is 2. The molecule has 0 atom stereocenters. The van der Waals surface area contributed by atoms with Crippen molar-refractivity contribution in [1.82, 2.24) is 10.2 Å². The first-order valence-corrected chi connectivity index (χ1v) is 5.28. The largest absolute Gasteiger partial charge is 0.342 e. The smallest absolute Gasteiger partial charge is 0.248 e. The molecule has 0 radical (unpaired) electrons. The summed E-state index contributed by atoms with van der Waals surface area (Å²) in [5.74, 6) is -0.0686. The van der Waals surface area contributed by atoms with Gasteiger partial charge in [-0.25, -0.2) is 0 Å². The van der Waals surface area contributed by atoms with E-state index in [-0.39, 0.29) is 17.4 Å². The highest BCUT2D eigenvalue weighted by molar-refractivity contribution is 5.93. The lowest BCUT2D eigenvalue weighted by Crippen LogP contribution is -2.57. The van der Waals surface area contributed by atoms with Gasteiger partial charge in [0, 0.05) is 18.5 Å². The maximum absolute atomic E-state index is 12.2. The highest BCUT2D eigenvalue weighted by atomic mass is 16.2. The Bertz CT molecular complexity index is 289. The summed E-state index contributed by atoms with van der Waals surface area (Å²) in [6.45, 7) is 9.94. The maximum atomic E-state index is 12.2. The Kier molecular flexibility index (Phi) is 2.81. The van der Waals surface area contributed by atoms with E-state index in [0.717, 1.165) is 0 Å². The highest BCUT2D eigenvalue weighted by Gasteiger charge is 2.40. The molecular formula is C11H20N2O2. The molecule has 0 aromatic heterocycles. The van der Waals surface area contributed by atoms with Crippen LogP contribution in [-0.4, -0.2) is 34.3 Å². The van der Waals surface area contributed by atoms with Gasteiger partial charge in [0.05, 0.1) is 0 Å². The van der Waals surface area contributed by atoms with Gasteiger partial charge in [-0.2, -0.15) is 0 Å². The van der Waals surface area contributed by atoms with E-state index in [4.69, 9.17) is 0 Å². The Morgan fingerprint density at radius 3 is 2.27 bits per heavy atom. The first-order chi connectivity index (χ1) is 6.64. The van der Waals surface area contributed by atoms with Crippen LogP contribution in [0.1, 0.15) is 41.0 Å². The number of rotatable bonds is 0. The number of nitrogens with one attached hydrogen (secondary N) is 1. The monoisotopic (exact) mass is 212 g/mol. The molecule has 1 heterocycles. The van der Waals surface area contributed by atoms with Crippen LogP contribution < -0.4 is 5.32 Å². The van der Waals surface area contributed by atoms with E-state index < -0.39 is 5.54 Å². The van der Waals surface area contributed by atoms with Crippen molar-refractivity contribution in [3.63, 3.8) is 0 Å². The van der Waals surface area contributed by atoms with E-state index in [1.165, 1.54) is 0 Å². The van der Waals surface area contributed by atoms with E-state index in [9.17, 15) is 9.59 Å². The normalized spacial score (nSPS) is 22.3. The van der Waals surface area contributed by atoms with Gasteiger partial charge in [-0.15, -0.1) is 0 Å². The number of carbonyl (C=O) groups is 2. The average molecular weight is 212 g/mol. The Balaban J connectivity index is 3.01. The first-order valence-electron chi connectivity index (χ1n) is 5.28. The molecule has 15 heavy (non-hydrogen) atoms. The van der Waals surface area contributed by atoms with Crippen molar-refractivity contribution in [3.8, 4) is 0 Å². The molecule has 1 rings (SSSR count). The lowest BCUT2D eigenvalue weighted by molar-refractivity contribution is -0.141. The summed E-state index contributed by atoms with van der Waals surface area (Å²) in [7, 11) is 0. The molecule has 0 unspecified atom stereocenters. The molecule has 1 aliphatic rings. The topological polar surface area (TPSA) is 49.4 Å². The number of carbonyl (C=O) groups excluding carboxylic acids is 2. The predicted octanol–water partition coefficient (Wildman–Crippen LogP) is 0.912. The van der Waals surface area contributed by atoms with Gasteiger partial charge in [0.15, 0.2) is 0 Å². The summed E-state index contributed by atoms with van der Waals surface area (Å²) < 4.78 is 0. The zero-order valence-electron chi connectivity index (χ0n) is 10.2. The Morgan fingerprint density at radius 1 is 1.27 bits per heavy atom. The third-order valence-electron chi connectivity index (χ3n) is 2.60. The van der Waals surface area contributed by atoms with Gasteiger partial charge in [-0.05, 0) is 34.6 Å². The summed E-state index contributed by atoms with van der Waals surface area (Å²) in [6, 6.07) is 0. The standard InChI is InChI=1S/C11H20N2O2/c1-10(2,3)13-7-6-8(14)12-11(4,5)9(13)15/h6-7H2,1-5H3,(H,12,14). The zero-order chi connectivity index (χ0) is 11.9. The zero-order valence-corrected chi connectivity index (χ0v) is 10.2. The van der Waals surface area contributed by atoms with Crippen LogP contribution in [0.4, 0.5) is 0 Å². The van der Waals surface area contributed by atoms with E-state index in [2.05, 4.69) is 5.32 Å². The molecule has 1 fully saturated rings. The summed E-state index contributed by atoms with van der Waals surface area (Å²) in [5.41, 5.74) is -1.03. The van der Waals surface area contributed by atoms with Gasteiger partial charge in [0.2, 0.25) is 11.8 Å². The van der Waals surface area contributed by atoms with Crippen molar-refractivity contribution in [3.05, 3.63) is 0 Å². The van der Waals surface area contributed by atoms with Crippen LogP contribution in [0.5, 0.6) is 0 Å². The molecule has 0 saturated carbocycles. The molecule has 4 nitrogen and oxygen atoms in total. The third kappa shape index (κ3) is 2.49. The maximum Gasteiger partial charge on any atom is 0.248 e. The van der Waals surface area contributed by atoms with Crippen molar-refractivity contribution in [2.24, 2.45) is 0 Å². The molecule has 0 bridgehead atoms. The van der Waals surface area contributed by atoms with Crippen LogP contribution in [0.3, 0.4) is 0 Å². The minimum Gasteiger partial charge on any atom is -0.342 e. The van der Waals surface area contributed by atoms with Crippen molar-refractivity contribution in [2.45, 2.75) is 52.1 Å². The fourth-order valence-corrected chi connectivity index (χ4v) is 1.76. The minimum atomic E-state index is -0.791. The quantitative estimate of drug-likeness (QED) is 0.649. The van der Waals surface area contributed by atoms with E-state index in [1.807, 2.05) is 20.8 Å². The molecule has 0 aromatic rings. The van der Waals surface area contributed by atoms with Crippen molar-refractivity contribution >= 4 is 11.8 Å². The fourth-order valence-electron chi connectivity index (χ4n) is 1.76. The molecule has 0 spiro atoms.